The third-order valence-corrected chi connectivity index (χ3v) is 2.86. The van der Waals surface area contributed by atoms with E-state index < -0.39 is 5.54 Å². The molecule has 1 aromatic carbocycles. The number of halogens is 1. The minimum absolute atomic E-state index is 0.260. The van der Waals surface area contributed by atoms with Crippen LogP contribution in [-0.2, 0) is 0 Å². The van der Waals surface area contributed by atoms with Crippen molar-refractivity contribution in [2.45, 2.75) is 19.4 Å². The van der Waals surface area contributed by atoms with Gasteiger partial charge in [-0.1, -0.05) is 6.07 Å². The maximum absolute atomic E-state index is 13.2. The average Bonchev–Trinajstić information content (AvgIpc) is 2.35. The number of likely N-dealkylation sites (N-methyl/N-ethyl adjacent to an activating group) is 2. The van der Waals surface area contributed by atoms with Gasteiger partial charge >= 0.3 is 0 Å². The molecule has 0 bridgehead atoms. The van der Waals surface area contributed by atoms with Crippen LogP contribution in [0.1, 0.15) is 13.8 Å². The molecule has 3 nitrogen and oxygen atoms in total. The zero-order valence-electron chi connectivity index (χ0n) is 10.5. The molecular weight excluding hydrogens is 217 g/mol. The Kier molecular flexibility index (Phi) is 4.47. The highest BCUT2D eigenvalue weighted by Gasteiger charge is 2.24. The second-order valence-corrected chi connectivity index (χ2v) is 4.19. The van der Waals surface area contributed by atoms with Gasteiger partial charge in [-0.2, -0.15) is 5.26 Å². The van der Waals surface area contributed by atoms with Gasteiger partial charge in [0.05, 0.1) is 6.07 Å². The Morgan fingerprint density at radius 1 is 1.53 bits per heavy atom. The molecule has 1 unspecified atom stereocenters. The number of hydrogen-bond acceptors (Lipinski definition) is 3. The molecule has 4 heteroatoms. The molecule has 0 aliphatic rings. The van der Waals surface area contributed by atoms with E-state index in [9.17, 15) is 4.39 Å². The monoisotopic (exact) mass is 235 g/mol. The van der Waals surface area contributed by atoms with E-state index in [1.54, 1.807) is 13.1 Å². The molecule has 1 aromatic rings. The molecule has 0 radical (unpaired) electrons. The van der Waals surface area contributed by atoms with E-state index >= 15 is 0 Å². The lowest BCUT2D eigenvalue weighted by Gasteiger charge is -2.31. The Bertz CT molecular complexity index is 413. The molecular formula is C13H18FN3. The summed E-state index contributed by atoms with van der Waals surface area (Å²) in [7, 11) is 1.75. The topological polar surface area (TPSA) is 39.1 Å². The fourth-order valence-corrected chi connectivity index (χ4v) is 1.61. The normalized spacial score (nSPS) is 13.8. The van der Waals surface area contributed by atoms with Crippen molar-refractivity contribution >= 4 is 5.69 Å². The fraction of sp³-hybridized carbons (Fsp3) is 0.462. The van der Waals surface area contributed by atoms with Crippen LogP contribution >= 0.6 is 0 Å². The highest BCUT2D eigenvalue weighted by Crippen LogP contribution is 2.17. The van der Waals surface area contributed by atoms with Crippen LogP contribution in [0.15, 0.2) is 24.3 Å². The smallest absolute Gasteiger partial charge is 0.125 e. The Morgan fingerprint density at radius 2 is 2.24 bits per heavy atom. The molecule has 0 aliphatic carbocycles. The van der Waals surface area contributed by atoms with Gasteiger partial charge in [-0.25, -0.2) is 4.39 Å². The van der Waals surface area contributed by atoms with Gasteiger partial charge in [0.1, 0.15) is 11.4 Å². The second-order valence-electron chi connectivity index (χ2n) is 4.19. The Hall–Kier alpha value is -1.60. The third kappa shape index (κ3) is 3.43. The summed E-state index contributed by atoms with van der Waals surface area (Å²) in [6.45, 7) is 5.05. The molecule has 1 rings (SSSR count). The zero-order chi connectivity index (χ0) is 12.9. The Balaban J connectivity index is 2.90. The highest BCUT2D eigenvalue weighted by molar-refractivity contribution is 5.47. The van der Waals surface area contributed by atoms with E-state index in [1.165, 1.54) is 12.1 Å². The first-order valence-electron chi connectivity index (χ1n) is 5.65. The molecule has 1 N–H and O–H groups in total. The first kappa shape index (κ1) is 13.5. The van der Waals surface area contributed by atoms with Gasteiger partial charge < -0.3 is 10.2 Å². The van der Waals surface area contributed by atoms with E-state index in [4.69, 9.17) is 5.26 Å². The maximum Gasteiger partial charge on any atom is 0.125 e. The van der Waals surface area contributed by atoms with Crippen molar-refractivity contribution < 1.29 is 4.39 Å². The number of hydrogen-bond donors (Lipinski definition) is 1. The van der Waals surface area contributed by atoms with Crippen LogP contribution in [0.3, 0.4) is 0 Å². The molecule has 0 aliphatic heterocycles. The van der Waals surface area contributed by atoms with Gasteiger partial charge in [-0.15, -0.1) is 0 Å². The van der Waals surface area contributed by atoms with Crippen molar-refractivity contribution in [1.29, 1.82) is 5.26 Å². The number of anilines is 1. The Morgan fingerprint density at radius 3 is 2.71 bits per heavy atom. The summed E-state index contributed by atoms with van der Waals surface area (Å²) in [5.74, 6) is -0.260. The summed E-state index contributed by atoms with van der Waals surface area (Å²) in [6.07, 6.45) is 0. The van der Waals surface area contributed by atoms with E-state index in [0.29, 0.717) is 6.54 Å². The molecule has 0 fully saturated rings. The quantitative estimate of drug-likeness (QED) is 0.850. The summed E-state index contributed by atoms with van der Waals surface area (Å²) in [5.41, 5.74) is 0.159. The summed E-state index contributed by atoms with van der Waals surface area (Å²) in [6, 6.07) is 8.65. The standard InChI is InChI=1S/C13H18FN3/c1-4-17(10-13(2,9-15)16-3)12-7-5-6-11(14)8-12/h5-8,16H,4,10H2,1-3H3. The Labute approximate surface area is 102 Å². The largest absolute Gasteiger partial charge is 0.369 e. The first-order valence-corrected chi connectivity index (χ1v) is 5.65. The van der Waals surface area contributed by atoms with E-state index in [0.717, 1.165) is 12.2 Å². The van der Waals surface area contributed by atoms with Crippen molar-refractivity contribution in [1.82, 2.24) is 5.32 Å². The minimum Gasteiger partial charge on any atom is -0.369 e. The van der Waals surface area contributed by atoms with Crippen molar-refractivity contribution in [3.63, 3.8) is 0 Å². The number of benzene rings is 1. The molecule has 0 amide bonds. The molecule has 1 atom stereocenters. The zero-order valence-corrected chi connectivity index (χ0v) is 10.5. The molecule has 92 valence electrons. The van der Waals surface area contributed by atoms with Crippen LogP contribution in [0.2, 0.25) is 0 Å². The predicted octanol–water partition coefficient (Wildman–Crippen LogP) is 2.15. The van der Waals surface area contributed by atoms with Crippen LogP contribution in [0.4, 0.5) is 10.1 Å². The molecule has 0 saturated carbocycles. The SMILES string of the molecule is CCN(CC(C)(C#N)NC)c1cccc(F)c1. The second kappa shape index (κ2) is 5.65. The lowest BCUT2D eigenvalue weighted by molar-refractivity contribution is 0.484. The summed E-state index contributed by atoms with van der Waals surface area (Å²) < 4.78 is 13.2. The number of nitriles is 1. The van der Waals surface area contributed by atoms with Crippen LogP contribution < -0.4 is 10.2 Å². The van der Waals surface area contributed by atoms with Crippen LogP contribution in [0.5, 0.6) is 0 Å². The minimum atomic E-state index is -0.637. The van der Waals surface area contributed by atoms with E-state index in [-0.39, 0.29) is 5.82 Å². The van der Waals surface area contributed by atoms with Gasteiger partial charge in [0.2, 0.25) is 0 Å². The predicted molar refractivity (Wildman–Crippen MR) is 67.4 cm³/mol. The van der Waals surface area contributed by atoms with Gasteiger partial charge in [0.25, 0.3) is 0 Å². The molecule has 0 saturated heterocycles. The molecule has 0 heterocycles. The van der Waals surface area contributed by atoms with Gasteiger partial charge in [0.15, 0.2) is 0 Å². The van der Waals surface area contributed by atoms with Crippen molar-refractivity contribution in [2.24, 2.45) is 0 Å². The van der Waals surface area contributed by atoms with Gasteiger partial charge in [-0.05, 0) is 39.1 Å². The summed E-state index contributed by atoms with van der Waals surface area (Å²) in [5, 5.41) is 12.1. The molecule has 0 spiro atoms. The number of nitrogens with zero attached hydrogens (tertiary/aromatic N) is 2. The van der Waals surface area contributed by atoms with Crippen molar-refractivity contribution in [3.05, 3.63) is 30.1 Å². The number of rotatable bonds is 5. The van der Waals surface area contributed by atoms with Crippen LogP contribution in [0.25, 0.3) is 0 Å². The van der Waals surface area contributed by atoms with E-state index in [2.05, 4.69) is 11.4 Å². The molecule has 17 heavy (non-hydrogen) atoms. The van der Waals surface area contributed by atoms with Gasteiger partial charge in [0, 0.05) is 18.8 Å². The van der Waals surface area contributed by atoms with Crippen molar-refractivity contribution in [3.8, 4) is 6.07 Å². The van der Waals surface area contributed by atoms with Crippen molar-refractivity contribution in [2.75, 3.05) is 25.0 Å². The summed E-state index contributed by atoms with van der Waals surface area (Å²) in [4.78, 5) is 1.98. The fourth-order valence-electron chi connectivity index (χ4n) is 1.61. The van der Waals surface area contributed by atoms with Crippen LogP contribution in [0, 0.1) is 17.1 Å². The highest BCUT2D eigenvalue weighted by atomic mass is 19.1. The van der Waals surface area contributed by atoms with Crippen LogP contribution in [-0.4, -0.2) is 25.7 Å². The van der Waals surface area contributed by atoms with Gasteiger partial charge in [-0.3, -0.25) is 0 Å². The third-order valence-electron chi connectivity index (χ3n) is 2.86. The lowest BCUT2D eigenvalue weighted by Crippen LogP contribution is -2.49. The maximum atomic E-state index is 13.2. The number of nitrogens with one attached hydrogen (secondary N) is 1. The first-order chi connectivity index (χ1) is 8.04. The average molecular weight is 235 g/mol. The van der Waals surface area contributed by atoms with E-state index in [1.807, 2.05) is 24.8 Å². The lowest BCUT2D eigenvalue weighted by atomic mass is 10.0. The molecule has 0 aromatic heterocycles. The summed E-state index contributed by atoms with van der Waals surface area (Å²) >= 11 is 0.